The molecule has 3 nitrogen and oxygen atoms in total. The van der Waals surface area contributed by atoms with Gasteiger partial charge in [-0.15, -0.1) is 11.3 Å². The van der Waals surface area contributed by atoms with E-state index in [1.165, 1.54) is 11.3 Å². The molecule has 0 bridgehead atoms. The van der Waals surface area contributed by atoms with E-state index in [2.05, 4.69) is 22.1 Å². The fourth-order valence-corrected chi connectivity index (χ4v) is 2.09. The standard InChI is InChI=1S/C15H14N2OS/c1-11(2)17-15(18)13-10-16-14(19-13)9-8-12-6-4-3-5-7-12/h3-7,10-11H,1-2H3,(H,17,18). The zero-order valence-corrected chi connectivity index (χ0v) is 11.6. The van der Waals surface area contributed by atoms with Crippen LogP contribution in [0.4, 0.5) is 0 Å². The third-order valence-electron chi connectivity index (χ3n) is 2.24. The van der Waals surface area contributed by atoms with Gasteiger partial charge in [0, 0.05) is 11.6 Å². The molecule has 0 spiro atoms. The zero-order valence-electron chi connectivity index (χ0n) is 10.8. The first-order valence-electron chi connectivity index (χ1n) is 5.99. The van der Waals surface area contributed by atoms with Gasteiger partial charge < -0.3 is 5.32 Å². The Balaban J connectivity index is 2.10. The third kappa shape index (κ3) is 3.94. The summed E-state index contributed by atoms with van der Waals surface area (Å²) in [5.74, 6) is 5.89. The molecule has 2 aromatic rings. The molecule has 96 valence electrons. The number of aromatic nitrogens is 1. The quantitative estimate of drug-likeness (QED) is 0.852. The van der Waals surface area contributed by atoms with Crippen molar-refractivity contribution in [2.75, 3.05) is 0 Å². The molecule has 0 atom stereocenters. The van der Waals surface area contributed by atoms with Gasteiger partial charge in [0.25, 0.3) is 5.91 Å². The summed E-state index contributed by atoms with van der Waals surface area (Å²) in [4.78, 5) is 16.5. The molecule has 1 aromatic carbocycles. The lowest BCUT2D eigenvalue weighted by atomic mass is 10.2. The Hall–Kier alpha value is -2.12. The third-order valence-corrected chi connectivity index (χ3v) is 3.15. The van der Waals surface area contributed by atoms with E-state index < -0.39 is 0 Å². The number of hydrogen-bond donors (Lipinski definition) is 1. The summed E-state index contributed by atoms with van der Waals surface area (Å²) < 4.78 is 0. The van der Waals surface area contributed by atoms with Gasteiger partial charge in [-0.05, 0) is 31.9 Å². The summed E-state index contributed by atoms with van der Waals surface area (Å²) in [7, 11) is 0. The van der Waals surface area contributed by atoms with Crippen LogP contribution < -0.4 is 5.32 Å². The summed E-state index contributed by atoms with van der Waals surface area (Å²) in [6.07, 6.45) is 1.57. The van der Waals surface area contributed by atoms with Crippen molar-refractivity contribution in [2.45, 2.75) is 19.9 Å². The van der Waals surface area contributed by atoms with Crippen molar-refractivity contribution < 1.29 is 4.79 Å². The summed E-state index contributed by atoms with van der Waals surface area (Å²) in [6, 6.07) is 9.82. The lowest BCUT2D eigenvalue weighted by Crippen LogP contribution is -2.29. The largest absolute Gasteiger partial charge is 0.349 e. The Bertz CT molecular complexity index is 620. The Morgan fingerprint density at radius 2 is 2.00 bits per heavy atom. The fraction of sp³-hybridized carbons (Fsp3) is 0.200. The minimum atomic E-state index is -0.0970. The van der Waals surface area contributed by atoms with Crippen LogP contribution >= 0.6 is 11.3 Å². The minimum Gasteiger partial charge on any atom is -0.349 e. The maximum absolute atomic E-state index is 11.8. The van der Waals surface area contributed by atoms with E-state index in [-0.39, 0.29) is 11.9 Å². The number of amides is 1. The fourth-order valence-electron chi connectivity index (χ4n) is 1.42. The number of rotatable bonds is 2. The molecular weight excluding hydrogens is 256 g/mol. The van der Waals surface area contributed by atoms with Gasteiger partial charge in [0.15, 0.2) is 5.01 Å². The number of nitrogens with one attached hydrogen (secondary N) is 1. The summed E-state index contributed by atoms with van der Waals surface area (Å²) in [5, 5.41) is 3.48. The van der Waals surface area contributed by atoms with E-state index in [1.807, 2.05) is 44.2 Å². The Morgan fingerprint density at radius 1 is 1.26 bits per heavy atom. The topological polar surface area (TPSA) is 42.0 Å². The number of hydrogen-bond acceptors (Lipinski definition) is 3. The van der Waals surface area contributed by atoms with Crippen molar-refractivity contribution in [2.24, 2.45) is 0 Å². The SMILES string of the molecule is CC(C)NC(=O)c1cnc(C#Cc2ccccc2)s1. The number of carbonyl (C=O) groups excluding carboxylic acids is 1. The van der Waals surface area contributed by atoms with Crippen molar-refractivity contribution in [3.8, 4) is 11.8 Å². The van der Waals surface area contributed by atoms with Gasteiger partial charge in [0.1, 0.15) is 4.88 Å². The molecule has 0 saturated carbocycles. The second-order valence-corrected chi connectivity index (χ2v) is 5.30. The van der Waals surface area contributed by atoms with Crippen LogP contribution in [0.1, 0.15) is 34.1 Å². The highest BCUT2D eigenvalue weighted by Crippen LogP contribution is 2.12. The molecule has 2 rings (SSSR count). The predicted molar refractivity (Wildman–Crippen MR) is 77.1 cm³/mol. The van der Waals surface area contributed by atoms with Gasteiger partial charge in [-0.2, -0.15) is 0 Å². The molecule has 1 N–H and O–H groups in total. The molecule has 1 aromatic heterocycles. The lowest BCUT2D eigenvalue weighted by molar-refractivity contribution is 0.0947. The maximum Gasteiger partial charge on any atom is 0.263 e. The van der Waals surface area contributed by atoms with Crippen molar-refractivity contribution in [3.05, 3.63) is 52.0 Å². The monoisotopic (exact) mass is 270 g/mol. The first-order chi connectivity index (χ1) is 9.15. The van der Waals surface area contributed by atoms with E-state index in [1.54, 1.807) is 6.20 Å². The molecule has 0 unspecified atom stereocenters. The smallest absolute Gasteiger partial charge is 0.263 e. The molecule has 0 aliphatic carbocycles. The molecule has 1 heterocycles. The van der Waals surface area contributed by atoms with Gasteiger partial charge in [-0.3, -0.25) is 4.79 Å². The van der Waals surface area contributed by atoms with E-state index in [0.717, 1.165) is 5.56 Å². The molecule has 0 aliphatic rings. The predicted octanol–water partition coefficient (Wildman–Crippen LogP) is 2.68. The van der Waals surface area contributed by atoms with E-state index in [4.69, 9.17) is 0 Å². The first kappa shape index (κ1) is 13.3. The second kappa shape index (κ2) is 6.17. The highest BCUT2D eigenvalue weighted by Gasteiger charge is 2.10. The Morgan fingerprint density at radius 3 is 2.68 bits per heavy atom. The van der Waals surface area contributed by atoms with Crippen LogP contribution in [0.2, 0.25) is 0 Å². The number of carbonyl (C=O) groups is 1. The first-order valence-corrected chi connectivity index (χ1v) is 6.80. The van der Waals surface area contributed by atoms with Gasteiger partial charge >= 0.3 is 0 Å². The van der Waals surface area contributed by atoms with Crippen LogP contribution in [0.25, 0.3) is 0 Å². The number of nitrogens with zero attached hydrogens (tertiary/aromatic N) is 1. The summed E-state index contributed by atoms with van der Waals surface area (Å²) in [5.41, 5.74) is 0.936. The van der Waals surface area contributed by atoms with Gasteiger partial charge in [0.2, 0.25) is 0 Å². The highest BCUT2D eigenvalue weighted by atomic mass is 32.1. The molecule has 4 heteroatoms. The molecule has 19 heavy (non-hydrogen) atoms. The van der Waals surface area contributed by atoms with Crippen molar-refractivity contribution in [1.29, 1.82) is 0 Å². The van der Waals surface area contributed by atoms with E-state index in [9.17, 15) is 4.79 Å². The van der Waals surface area contributed by atoms with Crippen LogP contribution in [0.3, 0.4) is 0 Å². The molecule has 0 aliphatic heterocycles. The van der Waals surface area contributed by atoms with Gasteiger partial charge in [0.05, 0.1) is 6.20 Å². The van der Waals surface area contributed by atoms with Crippen molar-refractivity contribution in [1.82, 2.24) is 10.3 Å². The number of thiazole rings is 1. The summed E-state index contributed by atoms with van der Waals surface area (Å²) in [6.45, 7) is 3.85. The molecule has 1 amide bonds. The highest BCUT2D eigenvalue weighted by molar-refractivity contribution is 7.14. The van der Waals surface area contributed by atoms with Gasteiger partial charge in [-0.25, -0.2) is 4.98 Å². The maximum atomic E-state index is 11.8. The number of benzene rings is 1. The molecule has 0 saturated heterocycles. The summed E-state index contributed by atoms with van der Waals surface area (Å²) >= 11 is 1.31. The average molecular weight is 270 g/mol. The molecular formula is C15H14N2OS. The van der Waals surface area contributed by atoms with Crippen molar-refractivity contribution >= 4 is 17.2 Å². The normalized spacial score (nSPS) is 9.84. The van der Waals surface area contributed by atoms with Crippen molar-refractivity contribution in [3.63, 3.8) is 0 Å². The average Bonchev–Trinajstić information content (AvgIpc) is 2.86. The molecule has 0 fully saturated rings. The zero-order chi connectivity index (χ0) is 13.7. The van der Waals surface area contributed by atoms with Crippen LogP contribution in [0.5, 0.6) is 0 Å². The van der Waals surface area contributed by atoms with Crippen LogP contribution in [-0.2, 0) is 0 Å². The lowest BCUT2D eigenvalue weighted by Gasteiger charge is -2.04. The van der Waals surface area contributed by atoms with E-state index in [0.29, 0.717) is 9.88 Å². The van der Waals surface area contributed by atoms with Crippen LogP contribution in [0, 0.1) is 11.8 Å². The Kier molecular flexibility index (Phi) is 4.32. The van der Waals surface area contributed by atoms with Gasteiger partial charge in [-0.1, -0.05) is 24.1 Å². The molecule has 0 radical (unpaired) electrons. The minimum absolute atomic E-state index is 0.0970. The van der Waals surface area contributed by atoms with Crippen LogP contribution in [-0.4, -0.2) is 16.9 Å². The Labute approximate surface area is 116 Å². The van der Waals surface area contributed by atoms with E-state index >= 15 is 0 Å². The second-order valence-electron chi connectivity index (χ2n) is 4.27. The van der Waals surface area contributed by atoms with Crippen LogP contribution in [0.15, 0.2) is 36.5 Å².